The summed E-state index contributed by atoms with van der Waals surface area (Å²) in [5.41, 5.74) is 9.67. The van der Waals surface area contributed by atoms with Crippen LogP contribution >= 0.6 is 22.7 Å². The van der Waals surface area contributed by atoms with E-state index in [1.54, 1.807) is 0 Å². The van der Waals surface area contributed by atoms with E-state index in [4.69, 9.17) is 0 Å². The summed E-state index contributed by atoms with van der Waals surface area (Å²) in [6.45, 7) is 0. The smallest absolute Gasteiger partial charge is 0.0998 e. The lowest BCUT2D eigenvalue weighted by Crippen LogP contribution is -1.92. The Bertz CT molecular complexity index is 2670. The standard InChI is InChI=1S/C43H25NS2/c44-26-30-9-1-2-10-31(30)33-11-3-4-12-34(33)39-23-27(28-18-21-37-35-13-5-7-15-40(35)45-42(37)24-28)17-20-32(39)29-19-22-38-36-14-6-8-16-41(36)46-43(38)25-29/h1-25H. The van der Waals surface area contributed by atoms with Crippen molar-refractivity contribution in [2.24, 2.45) is 0 Å². The molecule has 0 atom stereocenters. The van der Waals surface area contributed by atoms with Crippen LogP contribution in [-0.2, 0) is 0 Å². The molecule has 0 spiro atoms. The van der Waals surface area contributed by atoms with Gasteiger partial charge in [-0.3, -0.25) is 0 Å². The fourth-order valence-electron chi connectivity index (χ4n) is 6.77. The molecule has 7 aromatic carbocycles. The van der Waals surface area contributed by atoms with Gasteiger partial charge in [0.15, 0.2) is 0 Å². The maximum Gasteiger partial charge on any atom is 0.0998 e. The molecule has 0 aliphatic carbocycles. The van der Waals surface area contributed by atoms with Gasteiger partial charge in [0.2, 0.25) is 0 Å². The van der Waals surface area contributed by atoms with E-state index in [0.29, 0.717) is 5.56 Å². The molecule has 9 aromatic rings. The summed E-state index contributed by atoms with van der Waals surface area (Å²) in [4.78, 5) is 0. The molecule has 46 heavy (non-hydrogen) atoms. The first kappa shape index (κ1) is 26.8. The minimum absolute atomic E-state index is 0.676. The van der Waals surface area contributed by atoms with Crippen LogP contribution in [-0.4, -0.2) is 0 Å². The van der Waals surface area contributed by atoms with E-state index in [1.807, 2.05) is 40.9 Å². The Kier molecular flexibility index (Phi) is 6.31. The largest absolute Gasteiger partial charge is 0.192 e. The molecule has 0 saturated carbocycles. The lowest BCUT2D eigenvalue weighted by molar-refractivity contribution is 1.47. The lowest BCUT2D eigenvalue weighted by atomic mass is 9.86. The molecular formula is C43H25NS2. The van der Waals surface area contributed by atoms with Crippen molar-refractivity contribution in [3.63, 3.8) is 0 Å². The average molecular weight is 620 g/mol. The fraction of sp³-hybridized carbons (Fsp3) is 0. The van der Waals surface area contributed by atoms with Crippen molar-refractivity contribution in [1.29, 1.82) is 5.26 Å². The molecule has 0 unspecified atom stereocenters. The van der Waals surface area contributed by atoms with Crippen LogP contribution in [0, 0.1) is 11.3 Å². The Balaban J connectivity index is 1.28. The first-order valence-corrected chi connectivity index (χ1v) is 16.9. The highest BCUT2D eigenvalue weighted by atomic mass is 32.1. The molecule has 0 fully saturated rings. The van der Waals surface area contributed by atoms with Gasteiger partial charge >= 0.3 is 0 Å². The maximum atomic E-state index is 10.0. The molecule has 2 aromatic heterocycles. The van der Waals surface area contributed by atoms with Gasteiger partial charge in [0.05, 0.1) is 11.6 Å². The minimum atomic E-state index is 0.676. The summed E-state index contributed by atoms with van der Waals surface area (Å²) in [5.74, 6) is 0. The first-order chi connectivity index (χ1) is 22.7. The Hall–Kier alpha value is -5.53. The monoisotopic (exact) mass is 619 g/mol. The van der Waals surface area contributed by atoms with Gasteiger partial charge in [0, 0.05) is 45.9 Å². The van der Waals surface area contributed by atoms with E-state index in [-0.39, 0.29) is 0 Å². The van der Waals surface area contributed by atoms with Gasteiger partial charge < -0.3 is 0 Å². The Morgan fingerprint density at radius 2 is 0.826 bits per heavy atom. The highest BCUT2D eigenvalue weighted by Crippen LogP contribution is 2.44. The van der Waals surface area contributed by atoms with E-state index >= 15 is 0 Å². The van der Waals surface area contributed by atoms with Gasteiger partial charge in [-0.05, 0) is 75.3 Å². The molecule has 214 valence electrons. The third kappa shape index (κ3) is 4.35. The lowest BCUT2D eigenvalue weighted by Gasteiger charge is -2.17. The molecule has 9 rings (SSSR count). The first-order valence-electron chi connectivity index (χ1n) is 15.3. The minimum Gasteiger partial charge on any atom is -0.192 e. The quantitative estimate of drug-likeness (QED) is 0.192. The van der Waals surface area contributed by atoms with Crippen LogP contribution in [0.25, 0.3) is 84.9 Å². The zero-order valence-electron chi connectivity index (χ0n) is 24.7. The summed E-state index contributed by atoms with van der Waals surface area (Å²) in [6, 6.07) is 56.7. The van der Waals surface area contributed by atoms with Crippen molar-refractivity contribution in [2.45, 2.75) is 0 Å². The molecule has 0 aliphatic rings. The molecular weight excluding hydrogens is 595 g/mol. The van der Waals surface area contributed by atoms with E-state index < -0.39 is 0 Å². The normalized spacial score (nSPS) is 11.5. The van der Waals surface area contributed by atoms with Crippen molar-refractivity contribution in [3.05, 3.63) is 157 Å². The highest BCUT2D eigenvalue weighted by Gasteiger charge is 2.17. The maximum absolute atomic E-state index is 10.0. The topological polar surface area (TPSA) is 23.8 Å². The second-order valence-corrected chi connectivity index (χ2v) is 13.7. The van der Waals surface area contributed by atoms with Crippen LogP contribution in [0.4, 0.5) is 0 Å². The molecule has 0 bridgehead atoms. The molecule has 0 N–H and O–H groups in total. The van der Waals surface area contributed by atoms with Crippen molar-refractivity contribution >= 4 is 63.0 Å². The molecule has 0 saturated heterocycles. The van der Waals surface area contributed by atoms with Crippen molar-refractivity contribution < 1.29 is 0 Å². The summed E-state index contributed by atoms with van der Waals surface area (Å²) >= 11 is 3.69. The molecule has 3 heteroatoms. The van der Waals surface area contributed by atoms with Gasteiger partial charge in [-0.1, -0.05) is 115 Å². The van der Waals surface area contributed by atoms with Gasteiger partial charge in [-0.25, -0.2) is 0 Å². The van der Waals surface area contributed by atoms with Crippen LogP contribution < -0.4 is 0 Å². The van der Waals surface area contributed by atoms with Crippen molar-refractivity contribution in [2.75, 3.05) is 0 Å². The zero-order chi connectivity index (χ0) is 30.6. The predicted molar refractivity (Wildman–Crippen MR) is 199 cm³/mol. The second kappa shape index (κ2) is 10.8. The molecule has 0 amide bonds. The van der Waals surface area contributed by atoms with Crippen LogP contribution in [0.3, 0.4) is 0 Å². The number of rotatable bonds is 4. The molecule has 0 aliphatic heterocycles. The summed E-state index contributed by atoms with van der Waals surface area (Å²) in [7, 11) is 0. The van der Waals surface area contributed by atoms with E-state index in [1.165, 1.54) is 62.6 Å². The van der Waals surface area contributed by atoms with Crippen molar-refractivity contribution in [3.8, 4) is 50.6 Å². The fourth-order valence-corrected chi connectivity index (χ4v) is 9.06. The summed E-state index contributed by atoms with van der Waals surface area (Å²) in [6.07, 6.45) is 0. The van der Waals surface area contributed by atoms with E-state index in [0.717, 1.165) is 22.3 Å². The van der Waals surface area contributed by atoms with E-state index in [2.05, 4.69) is 140 Å². The summed E-state index contributed by atoms with van der Waals surface area (Å²) < 4.78 is 5.20. The summed E-state index contributed by atoms with van der Waals surface area (Å²) in [5, 5.41) is 15.2. The Morgan fingerprint density at radius 3 is 1.50 bits per heavy atom. The SMILES string of the molecule is N#Cc1ccccc1-c1ccccc1-c1cc(-c2ccc3c(c2)sc2ccccc23)ccc1-c1ccc2c(c1)sc1ccccc12. The van der Waals surface area contributed by atoms with Gasteiger partial charge in [-0.15, -0.1) is 22.7 Å². The number of hydrogen-bond donors (Lipinski definition) is 0. The number of hydrogen-bond acceptors (Lipinski definition) is 3. The van der Waals surface area contributed by atoms with Crippen LogP contribution in [0.2, 0.25) is 0 Å². The number of nitriles is 1. The average Bonchev–Trinajstić information content (AvgIpc) is 3.69. The Morgan fingerprint density at radius 1 is 0.348 bits per heavy atom. The Labute approximate surface area is 274 Å². The third-order valence-corrected chi connectivity index (χ3v) is 11.2. The zero-order valence-corrected chi connectivity index (χ0v) is 26.3. The van der Waals surface area contributed by atoms with E-state index in [9.17, 15) is 5.26 Å². The number of nitrogens with zero attached hydrogens (tertiary/aromatic N) is 1. The molecule has 1 nitrogen and oxygen atoms in total. The second-order valence-electron chi connectivity index (χ2n) is 11.6. The number of benzene rings is 7. The van der Waals surface area contributed by atoms with Crippen LogP contribution in [0.15, 0.2) is 152 Å². The van der Waals surface area contributed by atoms with Gasteiger partial charge in [0.25, 0.3) is 0 Å². The van der Waals surface area contributed by atoms with Gasteiger partial charge in [-0.2, -0.15) is 5.26 Å². The molecule has 2 heterocycles. The number of thiophene rings is 2. The molecule has 0 radical (unpaired) electrons. The third-order valence-electron chi connectivity index (χ3n) is 8.98. The van der Waals surface area contributed by atoms with Gasteiger partial charge in [0.1, 0.15) is 0 Å². The van der Waals surface area contributed by atoms with Crippen LogP contribution in [0.5, 0.6) is 0 Å². The number of fused-ring (bicyclic) bond motifs is 6. The van der Waals surface area contributed by atoms with Crippen LogP contribution in [0.1, 0.15) is 5.56 Å². The predicted octanol–water partition coefficient (Wildman–Crippen LogP) is 13.0. The highest BCUT2D eigenvalue weighted by molar-refractivity contribution is 7.26. The van der Waals surface area contributed by atoms with Crippen molar-refractivity contribution in [1.82, 2.24) is 0 Å².